The maximum absolute atomic E-state index is 13.0. The van der Waals surface area contributed by atoms with Crippen molar-refractivity contribution in [2.45, 2.75) is 67.2 Å². The zero-order valence-electron chi connectivity index (χ0n) is 12.9. The van der Waals surface area contributed by atoms with Crippen LogP contribution in [0.3, 0.4) is 0 Å². The number of imidazole rings is 1. The quantitative estimate of drug-likeness (QED) is 0.622. The Hall–Kier alpha value is -0.950. The van der Waals surface area contributed by atoms with Crippen molar-refractivity contribution in [2.75, 3.05) is 6.26 Å². The standard InChI is InChI=1S/C15H20N4OS2/c1-9-8-18-13(20)11-12(16-14(18)22-9)17-15(21-2)19(11)10-6-4-3-5-7-10/h9-10H,3-8H2,1-2H3. The van der Waals surface area contributed by atoms with Crippen molar-refractivity contribution in [3.8, 4) is 0 Å². The Bertz CT molecular complexity index is 776. The van der Waals surface area contributed by atoms with Gasteiger partial charge in [0, 0.05) is 17.8 Å². The second-order valence-electron chi connectivity index (χ2n) is 6.17. The predicted octanol–water partition coefficient (Wildman–Crippen LogP) is 3.31. The number of nitrogens with zero attached hydrogens (tertiary/aromatic N) is 4. The molecule has 0 N–H and O–H groups in total. The molecule has 2 aromatic rings. The minimum atomic E-state index is 0.0928. The van der Waals surface area contributed by atoms with E-state index in [1.165, 1.54) is 19.3 Å². The Morgan fingerprint density at radius 1 is 1.23 bits per heavy atom. The minimum Gasteiger partial charge on any atom is -0.310 e. The zero-order chi connectivity index (χ0) is 15.3. The van der Waals surface area contributed by atoms with E-state index in [-0.39, 0.29) is 5.56 Å². The second kappa shape index (κ2) is 5.60. The van der Waals surface area contributed by atoms with Gasteiger partial charge >= 0.3 is 0 Å². The molecule has 1 unspecified atom stereocenters. The lowest BCUT2D eigenvalue weighted by molar-refractivity contribution is 0.343. The number of rotatable bonds is 2. The van der Waals surface area contributed by atoms with Crippen molar-refractivity contribution in [1.82, 2.24) is 19.1 Å². The third-order valence-corrected chi connectivity index (χ3v) is 6.34. The average molecular weight is 336 g/mol. The van der Waals surface area contributed by atoms with E-state index in [1.807, 2.05) is 10.8 Å². The van der Waals surface area contributed by atoms with Crippen LogP contribution in [0.5, 0.6) is 0 Å². The van der Waals surface area contributed by atoms with Crippen molar-refractivity contribution in [3.05, 3.63) is 10.4 Å². The molecule has 118 valence electrons. The van der Waals surface area contributed by atoms with Crippen LogP contribution < -0.4 is 5.56 Å². The largest absolute Gasteiger partial charge is 0.310 e. The molecule has 22 heavy (non-hydrogen) atoms. The molecule has 0 bridgehead atoms. The summed E-state index contributed by atoms with van der Waals surface area (Å²) in [6, 6.07) is 0.404. The van der Waals surface area contributed by atoms with Crippen LogP contribution in [-0.4, -0.2) is 30.6 Å². The van der Waals surface area contributed by atoms with Gasteiger partial charge in [0.15, 0.2) is 21.5 Å². The van der Waals surface area contributed by atoms with Gasteiger partial charge in [-0.15, -0.1) is 0 Å². The highest BCUT2D eigenvalue weighted by Gasteiger charge is 2.28. The molecule has 7 heteroatoms. The lowest BCUT2D eigenvalue weighted by atomic mass is 9.95. The molecule has 1 aliphatic heterocycles. The summed E-state index contributed by atoms with van der Waals surface area (Å²) in [5.41, 5.74) is 1.44. The summed E-state index contributed by atoms with van der Waals surface area (Å²) in [6.45, 7) is 2.89. The van der Waals surface area contributed by atoms with Crippen LogP contribution in [0.4, 0.5) is 0 Å². The van der Waals surface area contributed by atoms with E-state index in [0.29, 0.717) is 16.9 Å². The Balaban J connectivity index is 1.94. The van der Waals surface area contributed by atoms with Gasteiger partial charge in [0.05, 0.1) is 0 Å². The number of hydrogen-bond donors (Lipinski definition) is 0. The first-order chi connectivity index (χ1) is 10.7. The number of fused-ring (bicyclic) bond motifs is 2. The van der Waals surface area contributed by atoms with Crippen molar-refractivity contribution < 1.29 is 0 Å². The maximum Gasteiger partial charge on any atom is 0.280 e. The summed E-state index contributed by atoms with van der Waals surface area (Å²) in [5, 5.41) is 2.18. The molecule has 1 fully saturated rings. The predicted molar refractivity (Wildman–Crippen MR) is 91.0 cm³/mol. The molecule has 1 atom stereocenters. The molecule has 0 amide bonds. The molecule has 1 aliphatic carbocycles. The molecule has 0 spiro atoms. The van der Waals surface area contributed by atoms with Crippen LogP contribution in [0.25, 0.3) is 11.2 Å². The first-order valence-corrected chi connectivity index (χ1v) is 10.0. The van der Waals surface area contributed by atoms with Crippen LogP contribution in [0, 0.1) is 0 Å². The highest BCUT2D eigenvalue weighted by Crippen LogP contribution is 2.35. The van der Waals surface area contributed by atoms with Crippen molar-refractivity contribution in [1.29, 1.82) is 0 Å². The molecule has 2 aromatic heterocycles. The Morgan fingerprint density at radius 2 is 2.00 bits per heavy atom. The van der Waals surface area contributed by atoms with Gasteiger partial charge in [-0.1, -0.05) is 49.7 Å². The molecule has 0 saturated heterocycles. The van der Waals surface area contributed by atoms with Gasteiger partial charge in [-0.3, -0.25) is 9.36 Å². The molecule has 0 radical (unpaired) electrons. The van der Waals surface area contributed by atoms with E-state index in [1.54, 1.807) is 23.5 Å². The minimum absolute atomic E-state index is 0.0928. The lowest BCUT2D eigenvalue weighted by Gasteiger charge is -2.24. The van der Waals surface area contributed by atoms with E-state index in [2.05, 4.69) is 21.5 Å². The summed E-state index contributed by atoms with van der Waals surface area (Å²) in [7, 11) is 0. The number of hydrogen-bond acceptors (Lipinski definition) is 5. The number of thioether (sulfide) groups is 2. The van der Waals surface area contributed by atoms with Gasteiger partial charge in [0.25, 0.3) is 5.56 Å². The lowest BCUT2D eigenvalue weighted by Crippen LogP contribution is -2.25. The van der Waals surface area contributed by atoms with Gasteiger partial charge in [-0.25, -0.2) is 9.97 Å². The zero-order valence-corrected chi connectivity index (χ0v) is 14.5. The van der Waals surface area contributed by atoms with Crippen molar-refractivity contribution >= 4 is 34.7 Å². The van der Waals surface area contributed by atoms with Gasteiger partial charge in [-0.05, 0) is 19.1 Å². The van der Waals surface area contributed by atoms with Gasteiger partial charge < -0.3 is 4.57 Å². The smallest absolute Gasteiger partial charge is 0.280 e. The third-order valence-electron chi connectivity index (χ3n) is 4.61. The van der Waals surface area contributed by atoms with Crippen molar-refractivity contribution in [3.63, 3.8) is 0 Å². The fourth-order valence-corrected chi connectivity index (χ4v) is 5.21. The van der Waals surface area contributed by atoms with Gasteiger partial charge in [0.2, 0.25) is 0 Å². The first-order valence-electron chi connectivity index (χ1n) is 7.92. The topological polar surface area (TPSA) is 52.7 Å². The molecular formula is C15H20N4OS2. The molecule has 1 saturated carbocycles. The summed E-state index contributed by atoms with van der Waals surface area (Å²) in [6.07, 6.45) is 8.10. The molecule has 2 aliphatic rings. The van der Waals surface area contributed by atoms with Crippen LogP contribution in [0.15, 0.2) is 15.1 Å². The van der Waals surface area contributed by atoms with Gasteiger partial charge in [-0.2, -0.15) is 0 Å². The van der Waals surface area contributed by atoms with E-state index < -0.39 is 0 Å². The summed E-state index contributed by atoms with van der Waals surface area (Å²) < 4.78 is 4.03. The fourth-order valence-electron chi connectivity index (χ4n) is 3.59. The van der Waals surface area contributed by atoms with Gasteiger partial charge in [0.1, 0.15) is 0 Å². The molecule has 0 aromatic carbocycles. The van der Waals surface area contributed by atoms with Crippen LogP contribution >= 0.6 is 23.5 Å². The molecule has 3 heterocycles. The number of aromatic nitrogens is 4. The van der Waals surface area contributed by atoms with Crippen LogP contribution in [0.2, 0.25) is 0 Å². The Morgan fingerprint density at radius 3 is 2.73 bits per heavy atom. The SMILES string of the molecule is CSc1nc2nc3n(c(=O)c2n1C1CCCCC1)CC(C)S3. The normalized spacial score (nSPS) is 22.4. The van der Waals surface area contributed by atoms with E-state index >= 15 is 0 Å². The molecule has 5 nitrogen and oxygen atoms in total. The highest BCUT2D eigenvalue weighted by atomic mass is 32.2. The maximum atomic E-state index is 13.0. The average Bonchev–Trinajstić information content (AvgIpc) is 3.08. The van der Waals surface area contributed by atoms with Crippen molar-refractivity contribution in [2.24, 2.45) is 0 Å². The molecule has 4 rings (SSSR count). The van der Waals surface area contributed by atoms with Crippen LogP contribution in [0.1, 0.15) is 45.1 Å². The summed E-state index contributed by atoms with van der Waals surface area (Å²) >= 11 is 3.29. The fraction of sp³-hybridized carbons (Fsp3) is 0.667. The van der Waals surface area contributed by atoms with E-state index in [4.69, 9.17) is 0 Å². The highest BCUT2D eigenvalue weighted by molar-refractivity contribution is 8.00. The van der Waals surface area contributed by atoms with E-state index in [0.717, 1.165) is 35.2 Å². The Kier molecular flexibility index (Phi) is 3.72. The summed E-state index contributed by atoms with van der Waals surface area (Å²) in [4.78, 5) is 22.3. The summed E-state index contributed by atoms with van der Waals surface area (Å²) in [5.74, 6) is 0. The van der Waals surface area contributed by atoms with Crippen LogP contribution in [-0.2, 0) is 6.54 Å². The second-order valence-corrected chi connectivity index (χ2v) is 8.35. The first kappa shape index (κ1) is 14.6. The van der Waals surface area contributed by atoms with E-state index in [9.17, 15) is 4.79 Å². The third kappa shape index (κ3) is 2.21. The monoisotopic (exact) mass is 336 g/mol. The molecular weight excluding hydrogens is 316 g/mol. The Labute approximate surface area is 137 Å².